The van der Waals surface area contributed by atoms with Gasteiger partial charge >= 0.3 is 5.97 Å². The Morgan fingerprint density at radius 2 is 1.83 bits per heavy atom. The van der Waals surface area contributed by atoms with Gasteiger partial charge in [-0.1, -0.05) is 6.92 Å². The second-order valence-electron chi connectivity index (χ2n) is 7.53. The minimum atomic E-state index is -0.619. The Morgan fingerprint density at radius 1 is 1.22 bits per heavy atom. The number of carboxylic acid groups (broad SMARTS) is 1. The van der Waals surface area contributed by atoms with Crippen LogP contribution in [-0.2, 0) is 9.53 Å². The van der Waals surface area contributed by atoms with E-state index < -0.39 is 11.4 Å². The van der Waals surface area contributed by atoms with Gasteiger partial charge in [-0.15, -0.1) is 0 Å². The molecule has 0 spiro atoms. The standard InChI is InChI=1S/C15H26O3/c1-10-6-7-15(8-10,12(16)17)11-9-13(2,3)18-14(11,4)5/h10-11H,6-9H2,1-5H3,(H,16,17). The predicted octanol–water partition coefficient (Wildman–Crippen LogP) is 3.47. The fourth-order valence-electron chi connectivity index (χ4n) is 4.41. The summed E-state index contributed by atoms with van der Waals surface area (Å²) in [6.07, 6.45) is 3.48. The minimum Gasteiger partial charge on any atom is -0.481 e. The summed E-state index contributed by atoms with van der Waals surface area (Å²) in [5.74, 6) is 0.00860. The summed E-state index contributed by atoms with van der Waals surface area (Å²) in [6.45, 7) is 10.4. The summed E-state index contributed by atoms with van der Waals surface area (Å²) in [7, 11) is 0. The van der Waals surface area contributed by atoms with Gasteiger partial charge in [0.2, 0.25) is 0 Å². The van der Waals surface area contributed by atoms with Crippen molar-refractivity contribution < 1.29 is 14.6 Å². The van der Waals surface area contributed by atoms with E-state index in [4.69, 9.17) is 4.74 Å². The Balaban J connectivity index is 2.36. The third-order valence-electron chi connectivity index (χ3n) is 4.96. The minimum absolute atomic E-state index is 0.113. The second-order valence-corrected chi connectivity index (χ2v) is 7.53. The molecule has 0 radical (unpaired) electrons. The Labute approximate surface area is 110 Å². The zero-order valence-corrected chi connectivity index (χ0v) is 12.2. The van der Waals surface area contributed by atoms with E-state index in [0.717, 1.165) is 25.7 Å². The number of hydrogen-bond donors (Lipinski definition) is 1. The molecule has 2 fully saturated rings. The van der Waals surface area contributed by atoms with Crippen LogP contribution in [0.2, 0.25) is 0 Å². The Hall–Kier alpha value is -0.570. The largest absolute Gasteiger partial charge is 0.481 e. The van der Waals surface area contributed by atoms with Crippen LogP contribution in [0.25, 0.3) is 0 Å². The van der Waals surface area contributed by atoms with Gasteiger partial charge in [-0.25, -0.2) is 0 Å². The fraction of sp³-hybridized carbons (Fsp3) is 0.933. The Morgan fingerprint density at radius 3 is 2.17 bits per heavy atom. The highest BCUT2D eigenvalue weighted by Crippen LogP contribution is 2.57. The number of ether oxygens (including phenoxy) is 1. The molecule has 1 heterocycles. The lowest BCUT2D eigenvalue weighted by Gasteiger charge is -2.38. The molecular formula is C15H26O3. The molecule has 0 bridgehead atoms. The molecule has 1 saturated carbocycles. The molecule has 104 valence electrons. The molecule has 3 nitrogen and oxygen atoms in total. The first-order valence-corrected chi connectivity index (χ1v) is 7.03. The number of carbonyl (C=O) groups is 1. The van der Waals surface area contributed by atoms with Crippen molar-refractivity contribution in [3.8, 4) is 0 Å². The van der Waals surface area contributed by atoms with Crippen LogP contribution >= 0.6 is 0 Å². The second kappa shape index (κ2) is 3.96. The molecule has 3 heteroatoms. The molecule has 0 aromatic heterocycles. The van der Waals surface area contributed by atoms with Crippen LogP contribution in [0, 0.1) is 17.3 Å². The third-order valence-corrected chi connectivity index (χ3v) is 4.96. The van der Waals surface area contributed by atoms with Crippen molar-refractivity contribution >= 4 is 5.97 Å². The van der Waals surface area contributed by atoms with E-state index in [-0.39, 0.29) is 17.1 Å². The van der Waals surface area contributed by atoms with Crippen molar-refractivity contribution in [3.05, 3.63) is 0 Å². The molecule has 1 N–H and O–H groups in total. The topological polar surface area (TPSA) is 46.5 Å². The molecule has 0 amide bonds. The summed E-state index contributed by atoms with van der Waals surface area (Å²) in [4.78, 5) is 11.9. The van der Waals surface area contributed by atoms with Gasteiger partial charge in [-0.2, -0.15) is 0 Å². The van der Waals surface area contributed by atoms with Crippen LogP contribution in [0.15, 0.2) is 0 Å². The third kappa shape index (κ3) is 2.07. The van der Waals surface area contributed by atoms with Crippen LogP contribution in [0.5, 0.6) is 0 Å². The van der Waals surface area contributed by atoms with E-state index in [0.29, 0.717) is 5.92 Å². The summed E-state index contributed by atoms with van der Waals surface area (Å²) < 4.78 is 6.11. The molecular weight excluding hydrogens is 228 g/mol. The quantitative estimate of drug-likeness (QED) is 0.820. The lowest BCUT2D eigenvalue weighted by atomic mass is 9.65. The SMILES string of the molecule is CC1CCC(C(=O)O)(C2CC(C)(C)OC2(C)C)C1. The van der Waals surface area contributed by atoms with Gasteiger partial charge < -0.3 is 9.84 Å². The number of carboxylic acids is 1. The van der Waals surface area contributed by atoms with Crippen molar-refractivity contribution in [1.29, 1.82) is 0 Å². The molecule has 1 saturated heterocycles. The van der Waals surface area contributed by atoms with Crippen LogP contribution in [0.3, 0.4) is 0 Å². The first kappa shape index (κ1) is 13.9. The molecule has 2 rings (SSSR count). The zero-order valence-electron chi connectivity index (χ0n) is 12.2. The lowest BCUT2D eigenvalue weighted by molar-refractivity contribution is -0.158. The molecule has 2 aliphatic rings. The summed E-state index contributed by atoms with van der Waals surface area (Å²) in [5, 5.41) is 9.79. The maximum atomic E-state index is 11.9. The first-order valence-electron chi connectivity index (χ1n) is 7.03. The molecule has 18 heavy (non-hydrogen) atoms. The zero-order chi connectivity index (χ0) is 13.8. The summed E-state index contributed by atoms with van der Waals surface area (Å²) in [6, 6.07) is 0. The molecule has 0 aromatic rings. The van der Waals surface area contributed by atoms with Crippen molar-refractivity contribution in [2.45, 2.75) is 71.5 Å². The lowest BCUT2D eigenvalue weighted by Crippen LogP contribution is -2.45. The van der Waals surface area contributed by atoms with Crippen molar-refractivity contribution in [2.75, 3.05) is 0 Å². The van der Waals surface area contributed by atoms with Gasteiger partial charge in [0.25, 0.3) is 0 Å². The van der Waals surface area contributed by atoms with Crippen LogP contribution < -0.4 is 0 Å². The van der Waals surface area contributed by atoms with Crippen molar-refractivity contribution in [2.24, 2.45) is 17.3 Å². The smallest absolute Gasteiger partial charge is 0.310 e. The fourth-order valence-corrected chi connectivity index (χ4v) is 4.41. The highest BCUT2D eigenvalue weighted by Gasteiger charge is 2.60. The monoisotopic (exact) mass is 254 g/mol. The van der Waals surface area contributed by atoms with Gasteiger partial charge in [0.15, 0.2) is 0 Å². The highest BCUT2D eigenvalue weighted by atomic mass is 16.5. The van der Waals surface area contributed by atoms with Gasteiger partial charge in [0.05, 0.1) is 16.6 Å². The normalized spacial score (nSPS) is 42.1. The van der Waals surface area contributed by atoms with Crippen LogP contribution in [-0.4, -0.2) is 22.3 Å². The van der Waals surface area contributed by atoms with Gasteiger partial charge in [-0.05, 0) is 59.3 Å². The summed E-state index contributed by atoms with van der Waals surface area (Å²) >= 11 is 0. The van der Waals surface area contributed by atoms with Gasteiger partial charge in [0, 0.05) is 5.92 Å². The van der Waals surface area contributed by atoms with E-state index in [1.165, 1.54) is 0 Å². The Bertz CT molecular complexity index is 359. The molecule has 1 aliphatic heterocycles. The van der Waals surface area contributed by atoms with Gasteiger partial charge in [0.1, 0.15) is 0 Å². The molecule has 0 aromatic carbocycles. The molecule has 3 atom stereocenters. The van der Waals surface area contributed by atoms with E-state index in [1.807, 2.05) is 0 Å². The maximum absolute atomic E-state index is 11.9. The van der Waals surface area contributed by atoms with Crippen molar-refractivity contribution in [3.63, 3.8) is 0 Å². The molecule has 3 unspecified atom stereocenters. The van der Waals surface area contributed by atoms with Crippen LogP contribution in [0.1, 0.15) is 60.3 Å². The number of hydrogen-bond acceptors (Lipinski definition) is 2. The van der Waals surface area contributed by atoms with E-state index in [9.17, 15) is 9.90 Å². The number of rotatable bonds is 2. The number of aliphatic carboxylic acids is 1. The summed E-state index contributed by atoms with van der Waals surface area (Å²) in [5.41, 5.74) is -1.12. The molecule has 1 aliphatic carbocycles. The first-order chi connectivity index (χ1) is 8.09. The van der Waals surface area contributed by atoms with E-state index in [1.54, 1.807) is 0 Å². The van der Waals surface area contributed by atoms with E-state index in [2.05, 4.69) is 34.6 Å². The highest BCUT2D eigenvalue weighted by molar-refractivity contribution is 5.76. The predicted molar refractivity (Wildman–Crippen MR) is 70.4 cm³/mol. The van der Waals surface area contributed by atoms with E-state index >= 15 is 0 Å². The van der Waals surface area contributed by atoms with Gasteiger partial charge in [-0.3, -0.25) is 4.79 Å². The average molecular weight is 254 g/mol. The average Bonchev–Trinajstić information content (AvgIpc) is 2.65. The maximum Gasteiger partial charge on any atom is 0.310 e. The van der Waals surface area contributed by atoms with Crippen LogP contribution in [0.4, 0.5) is 0 Å². The van der Waals surface area contributed by atoms with Crippen molar-refractivity contribution in [1.82, 2.24) is 0 Å². The Kier molecular flexibility index (Phi) is 3.05.